The smallest absolute Gasteiger partial charge is 0.159 e. The lowest BCUT2D eigenvalue weighted by Gasteiger charge is -2.29. The lowest BCUT2D eigenvalue weighted by atomic mass is 10.1. The van der Waals surface area contributed by atoms with Crippen molar-refractivity contribution in [2.75, 3.05) is 32.7 Å². The molecule has 3 N–H and O–H groups in total. The molecule has 1 atom stereocenters. The van der Waals surface area contributed by atoms with Crippen molar-refractivity contribution in [1.29, 1.82) is 0 Å². The molecule has 1 aliphatic heterocycles. The van der Waals surface area contributed by atoms with Crippen molar-refractivity contribution in [3.05, 3.63) is 35.4 Å². The molecule has 94 valence electrons. The van der Waals surface area contributed by atoms with Gasteiger partial charge in [0, 0.05) is 38.8 Å². The molecule has 1 aromatic carbocycles. The Balaban J connectivity index is 1.98. The maximum absolute atomic E-state index is 13.1. The molecule has 0 amide bonds. The molecule has 5 heteroatoms. The second kappa shape index (κ2) is 5.53. The highest BCUT2D eigenvalue weighted by Gasteiger charge is 2.15. The van der Waals surface area contributed by atoms with Crippen molar-refractivity contribution >= 4 is 0 Å². The molecule has 3 nitrogen and oxygen atoms in total. The summed E-state index contributed by atoms with van der Waals surface area (Å²) in [6.07, 6.45) is 0. The zero-order chi connectivity index (χ0) is 12.3. The molecule has 0 radical (unpaired) electrons. The summed E-state index contributed by atoms with van der Waals surface area (Å²) >= 11 is 0. The Morgan fingerprint density at radius 2 is 1.94 bits per heavy atom. The molecule has 0 bridgehead atoms. The van der Waals surface area contributed by atoms with Gasteiger partial charge in [-0.05, 0) is 17.7 Å². The van der Waals surface area contributed by atoms with Crippen LogP contribution in [0.4, 0.5) is 8.78 Å². The van der Waals surface area contributed by atoms with Gasteiger partial charge in [0.25, 0.3) is 0 Å². The van der Waals surface area contributed by atoms with E-state index >= 15 is 0 Å². The van der Waals surface area contributed by atoms with Crippen molar-refractivity contribution in [2.24, 2.45) is 5.73 Å². The molecular formula is C12H17F2N3. The standard InChI is InChI=1S/C12H17F2N3/c13-10-2-1-9(7-11(10)14)12(15)8-17-5-3-16-4-6-17/h1-2,7,12,16H,3-6,8,15H2. The zero-order valence-electron chi connectivity index (χ0n) is 9.63. The number of nitrogens with two attached hydrogens (primary N) is 1. The first-order valence-electron chi connectivity index (χ1n) is 5.80. The van der Waals surface area contributed by atoms with Crippen LogP contribution in [0.25, 0.3) is 0 Å². The van der Waals surface area contributed by atoms with Crippen molar-refractivity contribution in [3.63, 3.8) is 0 Å². The first kappa shape index (κ1) is 12.4. The molecule has 1 heterocycles. The number of nitrogens with zero attached hydrogens (tertiary/aromatic N) is 1. The fraction of sp³-hybridized carbons (Fsp3) is 0.500. The van der Waals surface area contributed by atoms with E-state index in [2.05, 4.69) is 10.2 Å². The molecule has 1 saturated heterocycles. The number of halogens is 2. The average molecular weight is 241 g/mol. The van der Waals surface area contributed by atoms with E-state index in [0.29, 0.717) is 12.1 Å². The third kappa shape index (κ3) is 3.21. The van der Waals surface area contributed by atoms with Gasteiger partial charge < -0.3 is 11.1 Å². The van der Waals surface area contributed by atoms with Crippen molar-refractivity contribution in [2.45, 2.75) is 6.04 Å². The van der Waals surface area contributed by atoms with Gasteiger partial charge in [0.2, 0.25) is 0 Å². The molecule has 17 heavy (non-hydrogen) atoms. The molecule has 0 aromatic heterocycles. The quantitative estimate of drug-likeness (QED) is 0.825. The van der Waals surface area contributed by atoms with E-state index in [4.69, 9.17) is 5.73 Å². The van der Waals surface area contributed by atoms with Gasteiger partial charge in [-0.25, -0.2) is 8.78 Å². The van der Waals surface area contributed by atoms with Crippen LogP contribution in [-0.4, -0.2) is 37.6 Å². The molecule has 1 fully saturated rings. The maximum Gasteiger partial charge on any atom is 0.159 e. The van der Waals surface area contributed by atoms with E-state index in [1.807, 2.05) is 0 Å². The van der Waals surface area contributed by atoms with E-state index in [-0.39, 0.29) is 6.04 Å². The predicted octanol–water partition coefficient (Wildman–Crippen LogP) is 0.870. The fourth-order valence-corrected chi connectivity index (χ4v) is 2.02. The first-order valence-corrected chi connectivity index (χ1v) is 5.80. The summed E-state index contributed by atoms with van der Waals surface area (Å²) in [4.78, 5) is 2.22. The Bertz CT molecular complexity index is 378. The summed E-state index contributed by atoms with van der Waals surface area (Å²) in [6, 6.07) is 3.58. The molecule has 0 spiro atoms. The van der Waals surface area contributed by atoms with Crippen LogP contribution < -0.4 is 11.1 Å². The minimum atomic E-state index is -0.835. The van der Waals surface area contributed by atoms with Crippen LogP contribution in [0.5, 0.6) is 0 Å². The zero-order valence-corrected chi connectivity index (χ0v) is 9.63. The second-order valence-corrected chi connectivity index (χ2v) is 4.33. The summed E-state index contributed by atoms with van der Waals surface area (Å²) in [6.45, 7) is 4.45. The van der Waals surface area contributed by atoms with Crippen LogP contribution in [0.1, 0.15) is 11.6 Å². The largest absolute Gasteiger partial charge is 0.323 e. The SMILES string of the molecule is NC(CN1CCNCC1)c1ccc(F)c(F)c1. The molecule has 0 saturated carbocycles. The predicted molar refractivity (Wildman–Crippen MR) is 62.6 cm³/mol. The number of nitrogens with one attached hydrogen (secondary N) is 1. The Morgan fingerprint density at radius 1 is 1.24 bits per heavy atom. The third-order valence-corrected chi connectivity index (χ3v) is 3.04. The Kier molecular flexibility index (Phi) is 4.04. The summed E-state index contributed by atoms with van der Waals surface area (Å²) in [5.41, 5.74) is 6.63. The maximum atomic E-state index is 13.1. The Morgan fingerprint density at radius 3 is 2.59 bits per heavy atom. The molecular weight excluding hydrogens is 224 g/mol. The van der Waals surface area contributed by atoms with E-state index in [9.17, 15) is 8.78 Å². The normalized spacial score (nSPS) is 19.2. The highest BCUT2D eigenvalue weighted by Crippen LogP contribution is 2.15. The lowest BCUT2D eigenvalue weighted by Crippen LogP contribution is -2.45. The first-order chi connectivity index (χ1) is 8.16. The van der Waals surface area contributed by atoms with Gasteiger partial charge >= 0.3 is 0 Å². The highest BCUT2D eigenvalue weighted by atomic mass is 19.2. The van der Waals surface area contributed by atoms with Crippen LogP contribution in [0.3, 0.4) is 0 Å². The molecule has 1 aromatic rings. The van der Waals surface area contributed by atoms with E-state index in [0.717, 1.165) is 32.2 Å². The number of rotatable bonds is 3. The van der Waals surface area contributed by atoms with Gasteiger partial charge in [0.1, 0.15) is 0 Å². The Labute approximate surface area is 99.6 Å². The number of piperazine rings is 1. The van der Waals surface area contributed by atoms with Crippen LogP contribution in [0.2, 0.25) is 0 Å². The van der Waals surface area contributed by atoms with Crippen LogP contribution in [0.15, 0.2) is 18.2 Å². The fourth-order valence-electron chi connectivity index (χ4n) is 2.02. The van der Waals surface area contributed by atoms with Crippen molar-refractivity contribution in [3.8, 4) is 0 Å². The third-order valence-electron chi connectivity index (χ3n) is 3.04. The monoisotopic (exact) mass is 241 g/mol. The van der Waals surface area contributed by atoms with Gasteiger partial charge in [-0.3, -0.25) is 4.90 Å². The Hall–Kier alpha value is -1.04. The van der Waals surface area contributed by atoms with Crippen LogP contribution >= 0.6 is 0 Å². The summed E-state index contributed by atoms with van der Waals surface area (Å²) in [7, 11) is 0. The highest BCUT2D eigenvalue weighted by molar-refractivity contribution is 5.21. The van der Waals surface area contributed by atoms with E-state index in [1.54, 1.807) is 6.07 Å². The lowest BCUT2D eigenvalue weighted by molar-refractivity contribution is 0.228. The summed E-state index contributed by atoms with van der Waals surface area (Å²) < 4.78 is 25.9. The average Bonchev–Trinajstić information content (AvgIpc) is 2.34. The van der Waals surface area contributed by atoms with E-state index in [1.165, 1.54) is 6.07 Å². The van der Waals surface area contributed by atoms with Crippen molar-refractivity contribution < 1.29 is 8.78 Å². The van der Waals surface area contributed by atoms with Gasteiger partial charge in [0.05, 0.1) is 0 Å². The van der Waals surface area contributed by atoms with E-state index < -0.39 is 11.6 Å². The van der Waals surface area contributed by atoms with Crippen LogP contribution in [-0.2, 0) is 0 Å². The van der Waals surface area contributed by atoms with Gasteiger partial charge in [-0.1, -0.05) is 6.07 Å². The summed E-state index contributed by atoms with van der Waals surface area (Å²) in [5, 5.41) is 3.25. The van der Waals surface area contributed by atoms with Crippen LogP contribution in [0, 0.1) is 11.6 Å². The molecule has 1 unspecified atom stereocenters. The number of hydrogen-bond donors (Lipinski definition) is 2. The topological polar surface area (TPSA) is 41.3 Å². The van der Waals surface area contributed by atoms with Crippen molar-refractivity contribution in [1.82, 2.24) is 10.2 Å². The van der Waals surface area contributed by atoms with Gasteiger partial charge in [0.15, 0.2) is 11.6 Å². The second-order valence-electron chi connectivity index (χ2n) is 4.33. The minimum absolute atomic E-state index is 0.275. The van der Waals surface area contributed by atoms with Gasteiger partial charge in [-0.2, -0.15) is 0 Å². The molecule has 2 rings (SSSR count). The number of benzene rings is 1. The molecule has 1 aliphatic rings. The summed E-state index contributed by atoms with van der Waals surface area (Å²) in [5.74, 6) is -1.67. The molecule has 0 aliphatic carbocycles. The minimum Gasteiger partial charge on any atom is -0.323 e. The van der Waals surface area contributed by atoms with Gasteiger partial charge in [-0.15, -0.1) is 0 Å². The number of hydrogen-bond acceptors (Lipinski definition) is 3.